The first-order chi connectivity index (χ1) is 37.8. The van der Waals surface area contributed by atoms with Crippen LogP contribution in [0, 0.1) is 35.5 Å². The van der Waals surface area contributed by atoms with Gasteiger partial charge in [0.05, 0.1) is 42.3 Å². The number of aromatic nitrogens is 3. The predicted molar refractivity (Wildman–Crippen MR) is 299 cm³/mol. The van der Waals surface area contributed by atoms with E-state index in [1.165, 1.54) is 6.08 Å². The third-order valence-corrected chi connectivity index (χ3v) is 15.3. The van der Waals surface area contributed by atoms with E-state index in [4.69, 9.17) is 24.7 Å². The number of fused-ring (bicyclic) bond motifs is 2. The van der Waals surface area contributed by atoms with E-state index in [1.807, 2.05) is 88.0 Å². The minimum absolute atomic E-state index is 0.103. The van der Waals surface area contributed by atoms with E-state index < -0.39 is 60.4 Å². The molecule has 8 N–H and O–H groups in total. The Bertz CT molecular complexity index is 2600. The number of carbonyl (C=O) groups excluding carboxylic acids is 6. The third-order valence-electron chi connectivity index (χ3n) is 15.3. The van der Waals surface area contributed by atoms with Gasteiger partial charge in [0.2, 0.25) is 11.8 Å². The van der Waals surface area contributed by atoms with Crippen molar-refractivity contribution in [2.45, 2.75) is 155 Å². The van der Waals surface area contributed by atoms with Crippen molar-refractivity contribution < 1.29 is 52.8 Å². The zero-order valence-corrected chi connectivity index (χ0v) is 47.0. The molecule has 79 heavy (non-hydrogen) atoms. The predicted octanol–water partition coefficient (Wildman–Crippen LogP) is 7.11. The van der Waals surface area contributed by atoms with Crippen molar-refractivity contribution in [1.29, 1.82) is 0 Å². The van der Waals surface area contributed by atoms with Crippen molar-refractivity contribution in [3.8, 4) is 0 Å². The number of cyclic esters (lactones) is 1. The number of ether oxygens (including phenoxy) is 4. The smallest absolute Gasteiger partial charge is 0.408 e. The SMILES string of the molecule is C/C=C/[C@@H]1O[C@H](C(/C=C/C=C(\C)C[C@@H](C)/C=C\C=C(/C)[C@H]2CC=CC(=O)O2)NC(=O)OCc2ccc(NC(=O)[C@H](CCCNC(N)=O)NC(=O)[C@@H](NC(=O)OC[C@@H]3[C@@H]4CCc5nnn(C)c5CC[C@@H]43)C(C)C)cc2)C[C@@H](O)[C@@H]1C. The Morgan fingerprint density at radius 1 is 0.949 bits per heavy atom. The fourth-order valence-electron chi connectivity index (χ4n) is 10.6. The number of esters is 1. The molecule has 2 fully saturated rings. The minimum atomic E-state index is -1.06. The summed E-state index contributed by atoms with van der Waals surface area (Å²) in [7, 11) is 1.91. The highest BCUT2D eigenvalue weighted by Gasteiger charge is 2.50. The molecule has 1 saturated heterocycles. The monoisotopic (exact) mass is 1090 g/mol. The number of anilines is 1. The first kappa shape index (κ1) is 61.2. The summed E-state index contributed by atoms with van der Waals surface area (Å²) in [5.41, 5.74) is 10.6. The number of hydrogen-bond acceptors (Lipinski definition) is 13. The summed E-state index contributed by atoms with van der Waals surface area (Å²) in [6.07, 6.45) is 21.3. The van der Waals surface area contributed by atoms with Crippen LogP contribution < -0.4 is 32.3 Å². The second-order valence-corrected chi connectivity index (χ2v) is 21.8. The van der Waals surface area contributed by atoms with E-state index in [9.17, 15) is 33.9 Å². The summed E-state index contributed by atoms with van der Waals surface area (Å²) in [5.74, 6) is -0.625. The van der Waals surface area contributed by atoms with Gasteiger partial charge in [0, 0.05) is 44.1 Å². The second kappa shape index (κ2) is 29.8. The molecule has 3 heterocycles. The number of rotatable bonds is 24. The molecule has 0 radical (unpaired) electrons. The van der Waals surface area contributed by atoms with Gasteiger partial charge in [0.1, 0.15) is 24.8 Å². The zero-order valence-electron chi connectivity index (χ0n) is 47.0. The zero-order chi connectivity index (χ0) is 57.2. The number of aliphatic hydroxyl groups excluding tert-OH is 1. The van der Waals surface area contributed by atoms with Gasteiger partial charge in [-0.15, -0.1) is 5.10 Å². The summed E-state index contributed by atoms with van der Waals surface area (Å²) >= 11 is 0. The van der Waals surface area contributed by atoms with Crippen LogP contribution in [0.4, 0.5) is 20.1 Å². The number of aliphatic hydroxyl groups is 1. The number of nitrogens with zero attached hydrogens (tertiary/aromatic N) is 3. The number of aryl methyl sites for hydroxylation is 2. The van der Waals surface area contributed by atoms with Crippen molar-refractivity contribution >= 4 is 41.7 Å². The first-order valence-corrected chi connectivity index (χ1v) is 27.8. The van der Waals surface area contributed by atoms with E-state index >= 15 is 0 Å². The Labute approximate surface area is 464 Å². The van der Waals surface area contributed by atoms with E-state index in [-0.39, 0.29) is 68.0 Å². The number of urea groups is 1. The van der Waals surface area contributed by atoms with Gasteiger partial charge in [-0.3, -0.25) is 14.3 Å². The molecule has 430 valence electrons. The maximum absolute atomic E-state index is 13.8. The van der Waals surface area contributed by atoms with Crippen LogP contribution in [0.25, 0.3) is 0 Å². The van der Waals surface area contributed by atoms with Crippen LogP contribution in [0.1, 0.15) is 110 Å². The number of nitrogens with one attached hydrogen (secondary N) is 5. The number of benzene rings is 1. The molecule has 2 aliphatic heterocycles. The van der Waals surface area contributed by atoms with E-state index in [1.54, 1.807) is 38.1 Å². The number of nitrogens with two attached hydrogens (primary N) is 1. The van der Waals surface area contributed by atoms with Crippen LogP contribution in [-0.4, -0.2) is 112 Å². The Morgan fingerprint density at radius 3 is 2.38 bits per heavy atom. The summed E-state index contributed by atoms with van der Waals surface area (Å²) in [4.78, 5) is 77.3. The van der Waals surface area contributed by atoms with Crippen LogP contribution in [0.3, 0.4) is 0 Å². The molecule has 0 bridgehead atoms. The Hall–Kier alpha value is -7.06. The lowest BCUT2D eigenvalue weighted by Gasteiger charge is -2.39. The van der Waals surface area contributed by atoms with Gasteiger partial charge in [0.25, 0.3) is 0 Å². The summed E-state index contributed by atoms with van der Waals surface area (Å²) in [6, 6.07) is 3.23. The van der Waals surface area contributed by atoms with Crippen LogP contribution in [-0.2, 0) is 59.8 Å². The van der Waals surface area contributed by atoms with Gasteiger partial charge in [-0.1, -0.05) is 105 Å². The normalized spacial score (nSPS) is 24.8. The number of carbonyl (C=O) groups is 6. The quantitative estimate of drug-likeness (QED) is 0.0182. The number of alkyl carbamates (subject to hydrolysis) is 2. The van der Waals surface area contributed by atoms with Gasteiger partial charge in [0.15, 0.2) is 0 Å². The molecule has 2 aromatic rings. The maximum atomic E-state index is 13.8. The summed E-state index contributed by atoms with van der Waals surface area (Å²) in [5, 5.41) is 33.3. The van der Waals surface area contributed by atoms with Gasteiger partial charge in [-0.25, -0.2) is 19.2 Å². The van der Waals surface area contributed by atoms with Crippen LogP contribution in [0.2, 0.25) is 0 Å². The molecule has 20 heteroatoms. The maximum Gasteiger partial charge on any atom is 0.408 e. The Balaban J connectivity index is 1.01. The van der Waals surface area contributed by atoms with Crippen molar-refractivity contribution in [1.82, 2.24) is 36.3 Å². The molecule has 20 nitrogen and oxygen atoms in total. The highest BCUT2D eigenvalue weighted by atomic mass is 16.6. The lowest BCUT2D eigenvalue weighted by Crippen LogP contribution is -2.54. The van der Waals surface area contributed by atoms with Crippen LogP contribution >= 0.6 is 0 Å². The van der Waals surface area contributed by atoms with E-state index in [0.717, 1.165) is 54.6 Å². The number of allylic oxidation sites excluding steroid dienone is 7. The molecular formula is C59H83N9O11. The van der Waals surface area contributed by atoms with Crippen molar-refractivity contribution in [3.63, 3.8) is 0 Å². The largest absolute Gasteiger partial charge is 0.454 e. The topological polar surface area (TPSA) is 276 Å². The molecule has 2 aliphatic carbocycles. The van der Waals surface area contributed by atoms with E-state index in [2.05, 4.69) is 49.9 Å². The molecule has 6 amide bonds. The molecule has 0 spiro atoms. The Morgan fingerprint density at radius 2 is 1.67 bits per heavy atom. The summed E-state index contributed by atoms with van der Waals surface area (Å²) < 4.78 is 25.0. The Kier molecular flexibility index (Phi) is 23.1. The van der Waals surface area contributed by atoms with Crippen molar-refractivity contribution in [2.75, 3.05) is 18.5 Å². The van der Waals surface area contributed by atoms with Gasteiger partial charge < -0.3 is 56.4 Å². The molecule has 1 unspecified atom stereocenters. The van der Waals surface area contributed by atoms with Gasteiger partial charge in [-0.2, -0.15) is 0 Å². The van der Waals surface area contributed by atoms with Gasteiger partial charge >= 0.3 is 24.2 Å². The number of hydrogen-bond donors (Lipinski definition) is 7. The molecule has 4 aliphatic rings. The summed E-state index contributed by atoms with van der Waals surface area (Å²) in [6.45, 7) is 13.8. The minimum Gasteiger partial charge on any atom is -0.454 e. The fourth-order valence-corrected chi connectivity index (χ4v) is 10.6. The van der Waals surface area contributed by atoms with E-state index in [0.29, 0.717) is 42.3 Å². The first-order valence-electron chi connectivity index (χ1n) is 27.8. The van der Waals surface area contributed by atoms with Crippen molar-refractivity contribution in [3.05, 3.63) is 113 Å². The molecule has 12 atom stereocenters. The highest BCUT2D eigenvalue weighted by molar-refractivity contribution is 5.98. The molecule has 1 saturated carbocycles. The molecule has 6 rings (SSSR count). The molecule has 1 aromatic heterocycles. The average Bonchev–Trinajstić information content (AvgIpc) is 4.18. The van der Waals surface area contributed by atoms with Crippen LogP contribution in [0.15, 0.2) is 96.2 Å². The lowest BCUT2D eigenvalue weighted by molar-refractivity contribution is -0.142. The number of primary amides is 1. The van der Waals surface area contributed by atoms with Crippen molar-refractivity contribution in [2.24, 2.45) is 48.3 Å². The molecule has 1 aromatic carbocycles. The standard InChI is InChI=1S/C59H83N9O11/c1-9-14-51-39(7)49(69)32-52(78-51)46(18-11-16-37(5)31-36(4)15-10-17-38(6)50-20-12-21-53(70)79-50)64-58(74)76-33-40-22-24-41(25-23-40)62-55(71)47(19-13-30-61-57(60)73)63-56(72)54(35(2)3)65-59(75)77-34-44-42-26-28-45-48(29-27-43(42)44)68(8)67-66-45/h9-12,14-18,21-25,35-36,39,42-44,46-47,49-52,54,69H,13,19-20,26-34H2,1-8H3,(H,62,71)(H,63,72)(H,64,74)(H,65,75)(H3,60,61,73)/b14-9+,15-10-,18-11+,37-16+,38-17+/t36-,39-,42+,43-,44+,46?,47-,49+,50+,51-,52-,54-/m0/s1. The molecular weight excluding hydrogens is 1010 g/mol. The van der Waals surface area contributed by atoms with Gasteiger partial charge in [-0.05, 0) is 119 Å². The average molecular weight is 1090 g/mol. The fraction of sp³-hybridized carbons (Fsp3) is 0.559. The van der Waals surface area contributed by atoms with Crippen LogP contribution in [0.5, 0.6) is 0 Å². The second-order valence-electron chi connectivity index (χ2n) is 21.8. The third kappa shape index (κ3) is 18.8. The lowest BCUT2D eigenvalue weighted by atomic mass is 9.87. The number of amides is 6. The highest BCUT2D eigenvalue weighted by Crippen LogP contribution is 2.53.